The normalized spacial score (nSPS) is 39.8. The van der Waals surface area contributed by atoms with E-state index in [1.54, 1.807) is 0 Å². The van der Waals surface area contributed by atoms with Crippen molar-refractivity contribution < 1.29 is 0 Å². The van der Waals surface area contributed by atoms with Crippen LogP contribution in [0.1, 0.15) is 32.1 Å². The molecule has 1 aliphatic carbocycles. The molecule has 15 heavy (non-hydrogen) atoms. The SMILES string of the molecule is CN1CCC(N2CC3CCCC3C2)CC1. The number of likely N-dealkylation sites (tertiary alicyclic amines) is 2. The minimum Gasteiger partial charge on any atom is -0.306 e. The molecule has 2 saturated heterocycles. The lowest BCUT2D eigenvalue weighted by Crippen LogP contribution is -2.43. The molecular weight excluding hydrogens is 184 g/mol. The van der Waals surface area contributed by atoms with Crippen molar-refractivity contribution in [1.29, 1.82) is 0 Å². The third-order valence-corrected chi connectivity index (χ3v) is 4.96. The smallest absolute Gasteiger partial charge is 0.0120 e. The molecule has 3 aliphatic rings. The number of rotatable bonds is 1. The van der Waals surface area contributed by atoms with E-state index in [9.17, 15) is 0 Å². The molecule has 2 nitrogen and oxygen atoms in total. The number of hydrogen-bond acceptors (Lipinski definition) is 2. The van der Waals surface area contributed by atoms with Crippen molar-refractivity contribution in [3.63, 3.8) is 0 Å². The Balaban J connectivity index is 1.56. The molecule has 3 rings (SSSR count). The first-order valence-corrected chi connectivity index (χ1v) is 6.75. The standard InChI is InChI=1S/C13H24N2/c1-14-7-5-13(6-8-14)15-9-11-3-2-4-12(11)10-15/h11-13H,2-10H2,1H3. The molecule has 0 spiro atoms. The Morgan fingerprint density at radius 2 is 1.47 bits per heavy atom. The molecule has 1 saturated carbocycles. The van der Waals surface area contributed by atoms with Crippen LogP contribution in [0.15, 0.2) is 0 Å². The highest BCUT2D eigenvalue weighted by atomic mass is 15.2. The summed E-state index contributed by atoms with van der Waals surface area (Å²) in [6.07, 6.45) is 7.38. The van der Waals surface area contributed by atoms with Crippen molar-refractivity contribution in [2.45, 2.75) is 38.1 Å². The lowest BCUT2D eigenvalue weighted by molar-refractivity contribution is 0.136. The molecule has 2 heterocycles. The van der Waals surface area contributed by atoms with E-state index in [0.29, 0.717) is 0 Å². The summed E-state index contributed by atoms with van der Waals surface area (Å²) in [5.41, 5.74) is 0. The Morgan fingerprint density at radius 3 is 2.07 bits per heavy atom. The van der Waals surface area contributed by atoms with Crippen LogP contribution in [0.3, 0.4) is 0 Å². The Labute approximate surface area is 93.6 Å². The van der Waals surface area contributed by atoms with Crippen molar-refractivity contribution in [2.75, 3.05) is 33.2 Å². The molecular formula is C13H24N2. The van der Waals surface area contributed by atoms with E-state index in [1.165, 1.54) is 58.3 Å². The maximum atomic E-state index is 2.82. The van der Waals surface area contributed by atoms with Gasteiger partial charge >= 0.3 is 0 Å². The second kappa shape index (κ2) is 4.06. The molecule has 3 fully saturated rings. The van der Waals surface area contributed by atoms with Gasteiger partial charge in [0.15, 0.2) is 0 Å². The average molecular weight is 208 g/mol. The third kappa shape index (κ3) is 1.94. The number of hydrogen-bond donors (Lipinski definition) is 0. The van der Waals surface area contributed by atoms with Gasteiger partial charge in [-0.3, -0.25) is 4.90 Å². The van der Waals surface area contributed by atoms with Crippen molar-refractivity contribution in [2.24, 2.45) is 11.8 Å². The molecule has 2 heteroatoms. The van der Waals surface area contributed by atoms with Crippen LogP contribution in [0.2, 0.25) is 0 Å². The van der Waals surface area contributed by atoms with Crippen molar-refractivity contribution >= 4 is 0 Å². The number of fused-ring (bicyclic) bond motifs is 1. The monoisotopic (exact) mass is 208 g/mol. The highest BCUT2D eigenvalue weighted by Gasteiger charge is 2.38. The van der Waals surface area contributed by atoms with Gasteiger partial charge < -0.3 is 4.90 Å². The molecule has 0 aromatic carbocycles. The fourth-order valence-corrected chi connectivity index (χ4v) is 3.93. The van der Waals surface area contributed by atoms with E-state index in [0.717, 1.165) is 17.9 Å². The molecule has 0 amide bonds. The topological polar surface area (TPSA) is 6.48 Å². The van der Waals surface area contributed by atoms with Gasteiger partial charge in [0, 0.05) is 19.1 Å². The van der Waals surface area contributed by atoms with Crippen molar-refractivity contribution in [1.82, 2.24) is 9.80 Å². The Kier molecular flexibility index (Phi) is 2.73. The van der Waals surface area contributed by atoms with Gasteiger partial charge in [0.25, 0.3) is 0 Å². The zero-order valence-corrected chi connectivity index (χ0v) is 9.99. The molecule has 86 valence electrons. The summed E-state index contributed by atoms with van der Waals surface area (Å²) in [6.45, 7) is 5.49. The van der Waals surface area contributed by atoms with Crippen LogP contribution in [0.25, 0.3) is 0 Å². The molecule has 2 atom stereocenters. The minimum absolute atomic E-state index is 0.923. The van der Waals surface area contributed by atoms with Crippen molar-refractivity contribution in [3.05, 3.63) is 0 Å². The number of piperidine rings is 1. The van der Waals surface area contributed by atoms with Crippen LogP contribution < -0.4 is 0 Å². The molecule has 0 radical (unpaired) electrons. The van der Waals surface area contributed by atoms with E-state index >= 15 is 0 Å². The zero-order valence-electron chi connectivity index (χ0n) is 9.99. The maximum Gasteiger partial charge on any atom is 0.0120 e. The summed E-state index contributed by atoms with van der Waals surface area (Å²) in [4.78, 5) is 5.30. The van der Waals surface area contributed by atoms with Crippen LogP contribution in [0.4, 0.5) is 0 Å². The lowest BCUT2D eigenvalue weighted by Gasteiger charge is -2.35. The highest BCUT2D eigenvalue weighted by molar-refractivity contribution is 4.92. The Bertz CT molecular complexity index is 209. The van der Waals surface area contributed by atoms with Gasteiger partial charge in [-0.05, 0) is 57.7 Å². The molecule has 2 aliphatic heterocycles. The van der Waals surface area contributed by atoms with Gasteiger partial charge in [-0.15, -0.1) is 0 Å². The summed E-state index contributed by atoms with van der Waals surface area (Å²) < 4.78 is 0. The minimum atomic E-state index is 0.923. The predicted molar refractivity (Wildman–Crippen MR) is 62.9 cm³/mol. The fourth-order valence-electron chi connectivity index (χ4n) is 3.93. The largest absolute Gasteiger partial charge is 0.306 e. The van der Waals surface area contributed by atoms with E-state index < -0.39 is 0 Å². The summed E-state index contributed by atoms with van der Waals surface area (Å²) in [5, 5.41) is 0. The average Bonchev–Trinajstić information content (AvgIpc) is 2.78. The second-order valence-electron chi connectivity index (χ2n) is 5.94. The first kappa shape index (κ1) is 10.1. The molecule has 0 aromatic heterocycles. The Hall–Kier alpha value is -0.0800. The lowest BCUT2D eigenvalue weighted by atomic mass is 10.0. The third-order valence-electron chi connectivity index (χ3n) is 4.96. The first-order valence-electron chi connectivity index (χ1n) is 6.75. The van der Waals surface area contributed by atoms with Gasteiger partial charge in [0.1, 0.15) is 0 Å². The first-order chi connectivity index (χ1) is 7.33. The van der Waals surface area contributed by atoms with E-state index in [4.69, 9.17) is 0 Å². The van der Waals surface area contributed by atoms with E-state index in [2.05, 4.69) is 16.8 Å². The summed E-state index contributed by atoms with van der Waals surface area (Å²) in [7, 11) is 2.26. The molecule has 0 aromatic rings. The number of nitrogens with zero attached hydrogens (tertiary/aromatic N) is 2. The van der Waals surface area contributed by atoms with Gasteiger partial charge in [0.05, 0.1) is 0 Å². The van der Waals surface area contributed by atoms with Gasteiger partial charge in [-0.25, -0.2) is 0 Å². The fraction of sp³-hybridized carbons (Fsp3) is 1.00. The molecule has 0 N–H and O–H groups in total. The quantitative estimate of drug-likeness (QED) is 0.648. The zero-order chi connectivity index (χ0) is 10.3. The molecule has 0 bridgehead atoms. The van der Waals surface area contributed by atoms with Crippen LogP contribution in [0, 0.1) is 11.8 Å². The van der Waals surface area contributed by atoms with Gasteiger partial charge in [-0.1, -0.05) is 6.42 Å². The van der Waals surface area contributed by atoms with E-state index in [1.807, 2.05) is 0 Å². The maximum absolute atomic E-state index is 2.82. The van der Waals surface area contributed by atoms with Crippen LogP contribution in [-0.4, -0.2) is 49.1 Å². The van der Waals surface area contributed by atoms with Gasteiger partial charge in [0.2, 0.25) is 0 Å². The van der Waals surface area contributed by atoms with Gasteiger partial charge in [-0.2, -0.15) is 0 Å². The van der Waals surface area contributed by atoms with E-state index in [-0.39, 0.29) is 0 Å². The summed E-state index contributed by atoms with van der Waals surface area (Å²) >= 11 is 0. The van der Waals surface area contributed by atoms with Crippen LogP contribution in [-0.2, 0) is 0 Å². The van der Waals surface area contributed by atoms with Crippen LogP contribution in [0.5, 0.6) is 0 Å². The second-order valence-corrected chi connectivity index (χ2v) is 5.94. The summed E-state index contributed by atoms with van der Waals surface area (Å²) in [5.74, 6) is 2.15. The molecule has 2 unspecified atom stereocenters. The Morgan fingerprint density at radius 1 is 0.867 bits per heavy atom. The highest BCUT2D eigenvalue weighted by Crippen LogP contribution is 2.39. The van der Waals surface area contributed by atoms with Crippen molar-refractivity contribution in [3.8, 4) is 0 Å². The van der Waals surface area contributed by atoms with Crippen LogP contribution >= 0.6 is 0 Å². The predicted octanol–water partition coefficient (Wildman–Crippen LogP) is 1.81. The summed E-state index contributed by atoms with van der Waals surface area (Å²) in [6, 6.07) is 0.923.